The van der Waals surface area contributed by atoms with Crippen LogP contribution in [-0.4, -0.2) is 26.3 Å². The molecule has 4 aliphatic carbocycles. The molecule has 130 valence electrons. The second-order valence-electron chi connectivity index (χ2n) is 8.30. The van der Waals surface area contributed by atoms with E-state index in [9.17, 15) is 9.90 Å². The van der Waals surface area contributed by atoms with E-state index in [0.29, 0.717) is 0 Å². The molecule has 0 unspecified atom stereocenters. The quantitative estimate of drug-likeness (QED) is 0.903. The third-order valence-corrected chi connectivity index (χ3v) is 6.35. The Morgan fingerprint density at radius 2 is 1.68 bits per heavy atom. The van der Waals surface area contributed by atoms with Crippen LogP contribution in [0.3, 0.4) is 0 Å². The lowest BCUT2D eigenvalue weighted by Gasteiger charge is -2.56. The summed E-state index contributed by atoms with van der Waals surface area (Å²) in [5.41, 5.74) is 0.876. The molecular weight excluding hydrogens is 314 g/mol. The lowest BCUT2D eigenvalue weighted by molar-refractivity contribution is -0.0168. The van der Waals surface area contributed by atoms with Gasteiger partial charge in [-0.15, -0.1) is 0 Å². The van der Waals surface area contributed by atoms with Gasteiger partial charge in [-0.1, -0.05) is 18.2 Å². The van der Waals surface area contributed by atoms with Crippen molar-refractivity contribution in [1.82, 2.24) is 15.1 Å². The molecule has 5 nitrogen and oxygen atoms in total. The van der Waals surface area contributed by atoms with Gasteiger partial charge in [-0.3, -0.25) is 4.79 Å². The van der Waals surface area contributed by atoms with Crippen LogP contribution in [0.15, 0.2) is 36.5 Å². The molecule has 5 heteroatoms. The smallest absolute Gasteiger partial charge is 0.276 e. The molecule has 25 heavy (non-hydrogen) atoms. The number of hydrogen-bond donors (Lipinski definition) is 2. The molecule has 0 atom stereocenters. The number of carbonyl (C=O) groups excluding carboxylic acids is 1. The lowest BCUT2D eigenvalue weighted by atomic mass is 9.53. The zero-order chi connectivity index (χ0) is 17.0. The maximum Gasteiger partial charge on any atom is 0.276 e. The minimum atomic E-state index is -0.242. The molecule has 4 saturated carbocycles. The van der Waals surface area contributed by atoms with Gasteiger partial charge in [-0.25, -0.2) is 4.68 Å². The number of rotatable bonds is 3. The first-order valence-corrected chi connectivity index (χ1v) is 9.27. The number of nitrogens with one attached hydrogen (secondary N) is 1. The van der Waals surface area contributed by atoms with E-state index in [2.05, 4.69) is 10.4 Å². The number of benzene rings is 1. The molecule has 0 radical (unpaired) electrons. The van der Waals surface area contributed by atoms with Crippen molar-refractivity contribution in [2.24, 2.45) is 17.8 Å². The number of hydrogen-bond acceptors (Lipinski definition) is 3. The van der Waals surface area contributed by atoms with Crippen LogP contribution in [0, 0.1) is 17.8 Å². The maximum atomic E-state index is 12.8. The van der Waals surface area contributed by atoms with Gasteiger partial charge in [0.2, 0.25) is 0 Å². The summed E-state index contributed by atoms with van der Waals surface area (Å²) in [4.78, 5) is 12.8. The minimum absolute atomic E-state index is 0.0638. The number of nitrogens with zero attached hydrogens (tertiary/aromatic N) is 2. The van der Waals surface area contributed by atoms with Crippen molar-refractivity contribution in [3.05, 3.63) is 42.2 Å². The highest BCUT2D eigenvalue weighted by Gasteiger charge is 2.51. The Morgan fingerprint density at radius 1 is 1.08 bits per heavy atom. The lowest BCUT2D eigenvalue weighted by Crippen LogP contribution is -2.59. The van der Waals surface area contributed by atoms with Gasteiger partial charge < -0.3 is 10.4 Å². The van der Waals surface area contributed by atoms with Crippen molar-refractivity contribution in [2.75, 3.05) is 0 Å². The maximum absolute atomic E-state index is 12.8. The third kappa shape index (κ3) is 2.53. The second-order valence-corrected chi connectivity index (χ2v) is 8.30. The Hall–Kier alpha value is -2.30. The fourth-order valence-corrected chi connectivity index (χ4v) is 5.80. The van der Waals surface area contributed by atoms with Gasteiger partial charge in [0.1, 0.15) is 0 Å². The highest BCUT2D eigenvalue weighted by Crippen LogP contribution is 2.55. The molecule has 0 aliphatic heterocycles. The monoisotopic (exact) mass is 337 g/mol. The van der Waals surface area contributed by atoms with Crippen LogP contribution in [0.2, 0.25) is 0 Å². The van der Waals surface area contributed by atoms with Crippen LogP contribution >= 0.6 is 0 Å². The first kappa shape index (κ1) is 15.0. The minimum Gasteiger partial charge on any atom is -0.504 e. The summed E-state index contributed by atoms with van der Waals surface area (Å²) in [5.74, 6) is 1.99. The van der Waals surface area contributed by atoms with E-state index in [1.807, 2.05) is 30.3 Å². The number of carbonyl (C=O) groups is 1. The number of aromatic hydroxyl groups is 1. The molecule has 1 aromatic heterocycles. The normalized spacial score (nSPS) is 32.7. The van der Waals surface area contributed by atoms with Gasteiger partial charge in [0.15, 0.2) is 11.4 Å². The molecule has 6 rings (SSSR count). The van der Waals surface area contributed by atoms with E-state index in [4.69, 9.17) is 0 Å². The molecule has 2 N–H and O–H groups in total. The SMILES string of the molecule is O=C(NC12CC3CC(CC(C3)C1)C2)c1nn(-c2ccccc2)cc1O. The van der Waals surface area contributed by atoms with Gasteiger partial charge in [-0.2, -0.15) is 5.10 Å². The van der Waals surface area contributed by atoms with Gasteiger partial charge >= 0.3 is 0 Å². The summed E-state index contributed by atoms with van der Waals surface area (Å²) >= 11 is 0. The first-order chi connectivity index (χ1) is 12.1. The molecule has 4 bridgehead atoms. The van der Waals surface area contributed by atoms with Crippen molar-refractivity contribution in [1.29, 1.82) is 0 Å². The standard InChI is InChI=1S/C20H23N3O2/c24-17-12-23(16-4-2-1-3-5-16)22-18(17)19(25)21-20-9-13-6-14(10-20)8-15(7-13)11-20/h1-5,12-15,24H,6-11H2,(H,21,25). The fraction of sp³-hybridized carbons (Fsp3) is 0.500. The molecule has 2 aromatic rings. The summed E-state index contributed by atoms with van der Waals surface area (Å²) in [6, 6.07) is 9.53. The van der Waals surface area contributed by atoms with E-state index in [-0.39, 0.29) is 22.9 Å². The van der Waals surface area contributed by atoms with E-state index >= 15 is 0 Å². The topological polar surface area (TPSA) is 67.2 Å². The Morgan fingerprint density at radius 3 is 2.28 bits per heavy atom. The van der Waals surface area contributed by atoms with Crippen molar-refractivity contribution in [3.8, 4) is 11.4 Å². The van der Waals surface area contributed by atoms with Gasteiger partial charge in [0.25, 0.3) is 5.91 Å². The van der Waals surface area contributed by atoms with E-state index in [0.717, 1.165) is 42.7 Å². The Balaban J connectivity index is 1.39. The molecule has 4 fully saturated rings. The Bertz CT molecular complexity index is 776. The van der Waals surface area contributed by atoms with Crippen LogP contribution in [0.25, 0.3) is 5.69 Å². The second kappa shape index (κ2) is 5.35. The van der Waals surface area contributed by atoms with Crippen LogP contribution in [0.4, 0.5) is 0 Å². The largest absolute Gasteiger partial charge is 0.504 e. The van der Waals surface area contributed by atoms with E-state index in [1.54, 1.807) is 4.68 Å². The average molecular weight is 337 g/mol. The van der Waals surface area contributed by atoms with E-state index in [1.165, 1.54) is 25.5 Å². The number of amides is 1. The van der Waals surface area contributed by atoms with E-state index < -0.39 is 0 Å². The summed E-state index contributed by atoms with van der Waals surface area (Å²) in [6.07, 6.45) is 8.78. The van der Waals surface area contributed by atoms with Crippen molar-refractivity contribution in [2.45, 2.75) is 44.1 Å². The number of para-hydroxylation sites is 1. The zero-order valence-corrected chi connectivity index (χ0v) is 14.2. The average Bonchev–Trinajstić information content (AvgIpc) is 2.96. The van der Waals surface area contributed by atoms with Crippen LogP contribution in [-0.2, 0) is 0 Å². The number of aromatic nitrogens is 2. The third-order valence-electron chi connectivity index (χ3n) is 6.35. The molecule has 4 aliphatic rings. The summed E-state index contributed by atoms with van der Waals surface area (Å²) in [5, 5.41) is 17.8. The molecule has 1 aromatic carbocycles. The predicted octanol–water partition coefficient (Wildman–Crippen LogP) is 3.28. The molecule has 0 spiro atoms. The summed E-state index contributed by atoms with van der Waals surface area (Å²) in [6.45, 7) is 0. The van der Waals surface area contributed by atoms with Crippen LogP contribution in [0.5, 0.6) is 5.75 Å². The van der Waals surface area contributed by atoms with Crippen molar-refractivity contribution < 1.29 is 9.90 Å². The van der Waals surface area contributed by atoms with Crippen molar-refractivity contribution >= 4 is 5.91 Å². The Labute approximate surface area is 147 Å². The zero-order valence-electron chi connectivity index (χ0n) is 14.2. The summed E-state index contributed by atoms with van der Waals surface area (Å²) < 4.78 is 1.56. The van der Waals surface area contributed by atoms with Crippen LogP contribution in [0.1, 0.15) is 49.0 Å². The van der Waals surface area contributed by atoms with Gasteiger partial charge in [0.05, 0.1) is 11.9 Å². The predicted molar refractivity (Wildman–Crippen MR) is 93.6 cm³/mol. The highest BCUT2D eigenvalue weighted by molar-refractivity contribution is 5.95. The molecule has 0 saturated heterocycles. The fourth-order valence-electron chi connectivity index (χ4n) is 5.80. The van der Waals surface area contributed by atoms with Gasteiger partial charge in [0, 0.05) is 5.54 Å². The molecular formula is C20H23N3O2. The van der Waals surface area contributed by atoms with Crippen LogP contribution < -0.4 is 5.32 Å². The highest BCUT2D eigenvalue weighted by atomic mass is 16.3. The van der Waals surface area contributed by atoms with Gasteiger partial charge in [-0.05, 0) is 68.4 Å². The summed E-state index contributed by atoms with van der Waals surface area (Å²) in [7, 11) is 0. The molecule has 1 heterocycles. The first-order valence-electron chi connectivity index (χ1n) is 9.27. The Kier molecular flexibility index (Phi) is 3.21. The molecule has 1 amide bonds. The van der Waals surface area contributed by atoms with Crippen molar-refractivity contribution in [3.63, 3.8) is 0 Å².